The molecule has 3 heterocycles. The summed E-state index contributed by atoms with van der Waals surface area (Å²) < 4.78 is 50.3. The molecule has 3 aliphatic rings. The van der Waals surface area contributed by atoms with Gasteiger partial charge in [0.05, 0.1) is 113 Å². The number of hydrogen-bond donors (Lipinski definition) is 10. The third-order valence-corrected chi connectivity index (χ3v) is 23.8. The van der Waals surface area contributed by atoms with E-state index in [1.54, 1.807) is 6.92 Å². The lowest BCUT2D eigenvalue weighted by Crippen LogP contribution is -2.48. The van der Waals surface area contributed by atoms with Crippen molar-refractivity contribution < 1.29 is 162 Å². The van der Waals surface area contributed by atoms with Crippen LogP contribution in [-0.4, -0.2) is 406 Å². The van der Waals surface area contributed by atoms with Crippen LogP contribution in [0.5, 0.6) is 0 Å². The number of likely N-dealkylation sites (tertiary alicyclic amines) is 3. The fourth-order valence-electron chi connectivity index (χ4n) is 12.5. The van der Waals surface area contributed by atoms with Gasteiger partial charge in [-0.05, 0) is 46.5 Å². The number of nitrogens with zero attached hydrogens (tertiary/aromatic N) is 3. The molecule has 8 atom stereocenters. The van der Waals surface area contributed by atoms with Crippen molar-refractivity contribution >= 4 is 176 Å². The van der Waals surface area contributed by atoms with Crippen molar-refractivity contribution in [2.24, 2.45) is 0 Å². The van der Waals surface area contributed by atoms with E-state index in [4.69, 9.17) is 47.4 Å². The van der Waals surface area contributed by atoms with Crippen LogP contribution in [0.15, 0.2) is 0 Å². The highest BCUT2D eigenvalue weighted by Gasteiger charge is 2.43. The number of unbranched alkanes of at least 4 members (excludes halogenated alkanes) is 1. The quantitative estimate of drug-likeness (QED) is 0.0211. The van der Waals surface area contributed by atoms with Crippen molar-refractivity contribution in [1.29, 1.82) is 0 Å². The second kappa shape index (κ2) is 76.0. The summed E-state index contributed by atoms with van der Waals surface area (Å²) in [5.41, 5.74) is 0. The van der Waals surface area contributed by atoms with Gasteiger partial charge < -0.3 is 105 Å². The molecule has 780 valence electrons. The lowest BCUT2D eigenvalue weighted by atomic mass is 10.1. The van der Waals surface area contributed by atoms with Crippen molar-refractivity contribution in [3.8, 4) is 0 Å². The van der Waals surface area contributed by atoms with Crippen molar-refractivity contribution in [2.75, 3.05) is 205 Å². The minimum Gasteiger partial charge on any atom is -0.383 e. The second-order valence-electron chi connectivity index (χ2n) is 31.5. The first-order valence-electron chi connectivity index (χ1n) is 45.3. The number of carbonyl (C=O) groups is 24. The number of thioether (sulfide) groups is 3. The van der Waals surface area contributed by atoms with Gasteiger partial charge in [-0.2, -0.15) is 0 Å². The fraction of sp³-hybridized carbons (Fsp3) is 0.727. The number of carbonyl (C=O) groups excluding carboxylic acids is 24. The van der Waals surface area contributed by atoms with E-state index in [9.17, 15) is 115 Å². The summed E-state index contributed by atoms with van der Waals surface area (Å²) in [6.07, 6.45) is -0.574. The van der Waals surface area contributed by atoms with Gasteiger partial charge in [-0.3, -0.25) is 125 Å². The molecule has 3 saturated heterocycles. The first-order chi connectivity index (χ1) is 65.8. The number of nitrogens with one attached hydrogen (secondary N) is 10. The van der Waals surface area contributed by atoms with Crippen molar-refractivity contribution in [2.45, 2.75) is 209 Å². The Bertz CT molecular complexity index is 3980. The Morgan fingerprint density at radius 3 is 1.09 bits per heavy atom. The lowest BCUT2D eigenvalue weighted by molar-refractivity contribution is -0.140. The normalized spacial score (nSPS) is 15.5. The third kappa shape index (κ3) is 58.2. The van der Waals surface area contributed by atoms with E-state index in [0.717, 1.165) is 56.9 Å². The monoisotopic (exact) mass is 2020 g/mol. The summed E-state index contributed by atoms with van der Waals surface area (Å²) in [5, 5.41) is 22.8. The topological polar surface area (TPSA) is 632 Å². The van der Waals surface area contributed by atoms with Gasteiger partial charge in [-0.25, -0.2) is 0 Å². The van der Waals surface area contributed by atoms with Crippen LogP contribution < -0.4 is 53.2 Å². The number of Topliss-reactive ketones (excluding diaryl/α,β-unsaturated/α-hetero) is 8. The van der Waals surface area contributed by atoms with Crippen molar-refractivity contribution in [3.63, 3.8) is 0 Å². The Kier molecular flexibility index (Phi) is 69.5. The molecule has 0 aromatic heterocycles. The van der Waals surface area contributed by atoms with Gasteiger partial charge in [0.15, 0.2) is 28.9 Å². The molecule has 10 N–H and O–H groups in total. The molecule has 0 radical (unpaired) electrons. The Morgan fingerprint density at radius 2 is 0.703 bits per heavy atom. The Morgan fingerprint density at radius 1 is 0.333 bits per heavy atom. The number of ether oxygens (including phenoxy) is 10. The molecule has 47 nitrogen and oxygen atoms in total. The summed E-state index contributed by atoms with van der Waals surface area (Å²) in [7, 11) is 8.69. The SMILES string of the molecule is CCC(=O)C[C@H](NC(=O)CCOCCOCCOCCOCCCC(=O)COC)C(C)=O.COCC(=O)NCCCC[C@H](NC(=O)COC)C(=O)NCC(C)=O.COCCNC(=O)CCN1C(=O)CC(SC[C@H](NC(C)=O)C(=O)CCC(=O)N[C@@H](CSC2CC(=O)N(CCC(=O)NCCOC)C2=O)C(=O)CCC(=O)N[C@@H](CSC2CC(=O)N(CCC(=O)NCCOC)C2=O)C(=O)CCC(C)=O)C1=O. The number of hydrogen-bond acceptors (Lipinski definition) is 37. The van der Waals surface area contributed by atoms with Gasteiger partial charge in [0.2, 0.25) is 94.5 Å². The first-order valence-corrected chi connectivity index (χ1v) is 48.5. The molecule has 0 bridgehead atoms. The van der Waals surface area contributed by atoms with Crippen LogP contribution in [0.4, 0.5) is 0 Å². The zero-order chi connectivity index (χ0) is 103. The molecule has 0 aromatic rings. The number of amides is 16. The zero-order valence-electron chi connectivity index (χ0n) is 80.9. The van der Waals surface area contributed by atoms with E-state index in [1.165, 1.54) is 63.4 Å². The number of rotatable bonds is 78. The smallest absolute Gasteiger partial charge is 0.246 e. The molecule has 0 aromatic carbocycles. The Labute approximate surface area is 816 Å². The number of ketones is 8. The summed E-state index contributed by atoms with van der Waals surface area (Å²) in [5.74, 6) is -11.7. The Hall–Kier alpha value is -9.87. The van der Waals surface area contributed by atoms with Crippen LogP contribution in [0.3, 0.4) is 0 Å². The van der Waals surface area contributed by atoms with Gasteiger partial charge in [-0.1, -0.05) is 6.92 Å². The molecular weight excluding hydrogens is 1880 g/mol. The van der Waals surface area contributed by atoms with Gasteiger partial charge in [0, 0.05) is 222 Å². The average molecular weight is 2020 g/mol. The van der Waals surface area contributed by atoms with Crippen LogP contribution in [0.1, 0.15) is 163 Å². The standard InChI is InChI=1S/C51H75N9O19S3.C22H39NO9.C15H27N3O6/c1-30(61)6-7-35(63)33(28-81-39-25-47(72)59(50(39)75)19-13-42(67)53-16-22-78-4)56-45(70)11-9-37(65)34(29-82-40-26-48(73)60(51(40)76)20-14-43(68)54-17-23-79-5)57-44(69)10-8-36(64)32(55-31(2)62)27-80-38-24-46(71)58(49(38)74)18-12-41(66)52-15-21-77-3;1-4-19(25)16-21(18(2)24)23-22(27)7-9-30-11-13-32-15-14-31-12-10-29-8-5-6-20(26)17-28-3;1-11(19)8-17-15(22)12(18-14(21)10-24-3)6-4-5-7-16-13(20)9-23-2/h32-34,38-40H,6-29H2,1-5H3,(H,52,66)(H,53,67)(H,54,68)(H,55,62)(H,56,70)(H,57,69);21H,4-17H2,1-3H3,(H,23,27);12H,4-10H2,1-3H3,(H,16,20)(H,17,22)(H,18,21)/t32-,33-,34-,38?,39?,40?;21-;12-/m000/s1. The highest BCUT2D eigenvalue weighted by molar-refractivity contribution is 8.01. The summed E-state index contributed by atoms with van der Waals surface area (Å²) >= 11 is 2.71. The molecule has 138 heavy (non-hydrogen) atoms. The van der Waals surface area contributed by atoms with E-state index in [1.807, 2.05) is 0 Å². The van der Waals surface area contributed by atoms with Gasteiger partial charge in [0.1, 0.15) is 43.2 Å². The van der Waals surface area contributed by atoms with E-state index in [2.05, 4.69) is 53.2 Å². The maximum atomic E-state index is 14.0. The van der Waals surface area contributed by atoms with Crippen molar-refractivity contribution in [1.82, 2.24) is 67.9 Å². The molecule has 3 fully saturated rings. The Balaban J connectivity index is 0.00000138. The molecule has 0 saturated carbocycles. The summed E-state index contributed by atoms with van der Waals surface area (Å²) in [6.45, 7) is 11.3. The third-order valence-electron chi connectivity index (χ3n) is 20.0. The first kappa shape index (κ1) is 126. The molecule has 3 aliphatic heterocycles. The van der Waals surface area contributed by atoms with Crippen LogP contribution in [0, 0.1) is 0 Å². The molecular formula is C88H141N13O34S3. The van der Waals surface area contributed by atoms with E-state index in [0.29, 0.717) is 91.3 Å². The summed E-state index contributed by atoms with van der Waals surface area (Å²) in [4.78, 5) is 302. The van der Waals surface area contributed by atoms with Gasteiger partial charge >= 0.3 is 0 Å². The number of imide groups is 3. The minimum atomic E-state index is -1.43. The zero-order valence-corrected chi connectivity index (χ0v) is 83.3. The van der Waals surface area contributed by atoms with Gasteiger partial charge in [-0.15, -0.1) is 35.3 Å². The minimum absolute atomic E-state index is 0.00313. The molecule has 0 aliphatic carbocycles. The largest absolute Gasteiger partial charge is 0.383 e. The average Bonchev–Trinajstić information content (AvgIpc) is 1.70. The lowest BCUT2D eigenvalue weighted by Gasteiger charge is -2.21. The van der Waals surface area contributed by atoms with E-state index in [-0.39, 0.29) is 214 Å². The fourth-order valence-corrected chi connectivity index (χ4v) is 16.2. The molecule has 16 amide bonds. The second-order valence-corrected chi connectivity index (χ2v) is 35.2. The van der Waals surface area contributed by atoms with Crippen molar-refractivity contribution in [3.05, 3.63) is 0 Å². The van der Waals surface area contributed by atoms with E-state index >= 15 is 0 Å². The van der Waals surface area contributed by atoms with Gasteiger partial charge in [0.25, 0.3) is 0 Å². The van der Waals surface area contributed by atoms with Crippen LogP contribution in [-0.2, 0) is 162 Å². The predicted octanol–water partition coefficient (Wildman–Crippen LogP) is -3.22. The number of methoxy groups -OCH3 is 6. The van der Waals surface area contributed by atoms with Crippen LogP contribution in [0.25, 0.3) is 0 Å². The highest BCUT2D eigenvalue weighted by atomic mass is 32.2. The summed E-state index contributed by atoms with van der Waals surface area (Å²) in [6, 6.07) is -5.45. The maximum absolute atomic E-state index is 14.0. The van der Waals surface area contributed by atoms with E-state index < -0.39 is 172 Å². The highest BCUT2D eigenvalue weighted by Crippen LogP contribution is 2.30. The predicted molar refractivity (Wildman–Crippen MR) is 499 cm³/mol. The molecule has 0 spiro atoms. The molecule has 3 unspecified atom stereocenters. The maximum Gasteiger partial charge on any atom is 0.246 e. The van der Waals surface area contributed by atoms with Crippen LogP contribution in [0.2, 0.25) is 0 Å². The van der Waals surface area contributed by atoms with Crippen LogP contribution >= 0.6 is 35.3 Å². The molecule has 50 heteroatoms. The molecule has 3 rings (SSSR count).